The van der Waals surface area contributed by atoms with E-state index in [0.717, 1.165) is 18.7 Å². The molecular weight excluding hydrogens is 428 g/mol. The highest BCUT2D eigenvalue weighted by Crippen LogP contribution is 2.27. The normalized spacial score (nSPS) is 15.6. The highest BCUT2D eigenvalue weighted by Gasteiger charge is 2.23. The van der Waals surface area contributed by atoms with E-state index in [0.29, 0.717) is 6.42 Å². The molecule has 1 atom stereocenters. The quantitative estimate of drug-likeness (QED) is 0.357. The maximum Gasteiger partial charge on any atom is 0.318 e. The van der Waals surface area contributed by atoms with E-state index >= 15 is 0 Å². The molecule has 2 aromatic rings. The predicted molar refractivity (Wildman–Crippen MR) is 124 cm³/mol. The molecule has 1 heterocycles. The minimum Gasteiger partial charge on any atom is -0.426 e. The van der Waals surface area contributed by atoms with E-state index in [1.54, 1.807) is 20.8 Å². The first-order valence-electron chi connectivity index (χ1n) is 11.0. The van der Waals surface area contributed by atoms with Crippen molar-refractivity contribution in [1.82, 2.24) is 4.89 Å². The van der Waals surface area contributed by atoms with Crippen molar-refractivity contribution in [2.24, 2.45) is 0 Å². The lowest BCUT2D eigenvalue weighted by Gasteiger charge is -2.20. The van der Waals surface area contributed by atoms with Gasteiger partial charge in [-0.25, -0.2) is 8.42 Å². The van der Waals surface area contributed by atoms with Gasteiger partial charge in [-0.2, -0.15) is 0 Å². The number of ether oxygens (including phenoxy) is 1. The van der Waals surface area contributed by atoms with Crippen LogP contribution in [0, 0.1) is 0 Å². The monoisotopic (exact) mass is 460 g/mol. The minimum absolute atomic E-state index is 0.0195. The first-order valence-corrected chi connectivity index (χ1v) is 12.4. The molecule has 1 unspecified atom stereocenters. The molecule has 1 aliphatic rings. The molecule has 3 rings (SSSR count). The van der Waals surface area contributed by atoms with Gasteiger partial charge in [0.05, 0.1) is 16.4 Å². The first-order chi connectivity index (χ1) is 15.1. The number of rotatable bonds is 8. The van der Waals surface area contributed by atoms with E-state index in [2.05, 4.69) is 21.9 Å². The van der Waals surface area contributed by atoms with Gasteiger partial charge in [-0.15, -0.1) is 0 Å². The van der Waals surface area contributed by atoms with Gasteiger partial charge in [-0.1, -0.05) is 23.9 Å². The second-order valence-electron chi connectivity index (χ2n) is 8.94. The molecule has 32 heavy (non-hydrogen) atoms. The summed E-state index contributed by atoms with van der Waals surface area (Å²) < 4.78 is 30.2. The van der Waals surface area contributed by atoms with Gasteiger partial charge in [-0.3, -0.25) is 9.63 Å². The van der Waals surface area contributed by atoms with Gasteiger partial charge in [0.15, 0.2) is 0 Å². The Labute approximate surface area is 190 Å². The first kappa shape index (κ1) is 24.2. The number of hydrogen-bond donors (Lipinski definition) is 1. The predicted octanol–water partition coefficient (Wildman–Crippen LogP) is 4.39. The highest BCUT2D eigenvalue weighted by atomic mass is 32.2. The second-order valence-corrected chi connectivity index (χ2v) is 10.6. The molecule has 1 N–H and O–H groups in total. The lowest BCUT2D eigenvalue weighted by Crippen LogP contribution is -2.33. The molecule has 1 fully saturated rings. The number of nitrogens with one attached hydrogen (secondary N) is 1. The summed E-state index contributed by atoms with van der Waals surface area (Å²) in [5.41, 5.74) is 1.42. The van der Waals surface area contributed by atoms with Crippen molar-refractivity contribution in [1.29, 1.82) is 0 Å². The summed E-state index contributed by atoms with van der Waals surface area (Å²) in [5, 5.41) is 0. The van der Waals surface area contributed by atoms with Crippen LogP contribution in [0.1, 0.15) is 58.4 Å². The summed E-state index contributed by atoms with van der Waals surface area (Å²) in [6, 6.07) is 13.8. The third kappa shape index (κ3) is 6.31. The van der Waals surface area contributed by atoms with E-state index in [1.165, 1.54) is 42.8 Å². The van der Waals surface area contributed by atoms with Gasteiger partial charge in [-0.05, 0) is 82.0 Å². The summed E-state index contributed by atoms with van der Waals surface area (Å²) in [4.78, 5) is 22.4. The molecular formula is C24H32N2O5S. The fourth-order valence-electron chi connectivity index (χ4n) is 3.53. The average Bonchev–Trinajstić information content (AvgIpc) is 3.28. The van der Waals surface area contributed by atoms with Gasteiger partial charge >= 0.3 is 5.97 Å². The largest absolute Gasteiger partial charge is 0.426 e. The van der Waals surface area contributed by atoms with Crippen molar-refractivity contribution in [3.05, 3.63) is 54.1 Å². The smallest absolute Gasteiger partial charge is 0.318 e. The van der Waals surface area contributed by atoms with Crippen molar-refractivity contribution in [2.75, 3.05) is 18.0 Å². The Kier molecular flexibility index (Phi) is 7.59. The fourth-order valence-corrected chi connectivity index (χ4v) is 4.48. The van der Waals surface area contributed by atoms with Crippen LogP contribution in [0.15, 0.2) is 53.4 Å². The van der Waals surface area contributed by atoms with Crippen molar-refractivity contribution >= 4 is 21.7 Å². The van der Waals surface area contributed by atoms with E-state index in [9.17, 15) is 13.2 Å². The minimum atomic E-state index is -3.83. The molecule has 0 bridgehead atoms. The molecule has 0 amide bonds. The van der Waals surface area contributed by atoms with E-state index in [-0.39, 0.29) is 16.6 Å². The van der Waals surface area contributed by atoms with E-state index in [4.69, 9.17) is 9.57 Å². The van der Waals surface area contributed by atoms with E-state index in [1.807, 2.05) is 19.1 Å². The van der Waals surface area contributed by atoms with E-state index < -0.39 is 21.5 Å². The van der Waals surface area contributed by atoms with Gasteiger partial charge in [0.2, 0.25) is 0 Å². The standard InChI is InChI=1S/C24H32N2O5S/c1-5-22(18-8-10-19(11-9-18)26-16-6-7-17-26)23(27)30-20-12-14-21(15-13-20)32(28,29)25-31-24(2,3)4/h8-15,22,25H,5-7,16-17H2,1-4H3. The van der Waals surface area contributed by atoms with Gasteiger partial charge in [0.1, 0.15) is 5.75 Å². The zero-order valence-electron chi connectivity index (χ0n) is 19.1. The topological polar surface area (TPSA) is 84.9 Å². The lowest BCUT2D eigenvalue weighted by molar-refractivity contribution is -0.136. The molecule has 0 aromatic heterocycles. The Hall–Kier alpha value is -2.42. The van der Waals surface area contributed by atoms with Gasteiger partial charge < -0.3 is 9.64 Å². The molecule has 0 aliphatic carbocycles. The number of hydrogen-bond acceptors (Lipinski definition) is 6. The molecule has 174 valence electrons. The molecule has 7 nitrogen and oxygen atoms in total. The Balaban J connectivity index is 1.65. The zero-order chi connectivity index (χ0) is 23.4. The number of anilines is 1. The van der Waals surface area contributed by atoms with Crippen LogP contribution in [0.2, 0.25) is 0 Å². The van der Waals surface area contributed by atoms with Crippen LogP contribution in [-0.2, 0) is 19.7 Å². The molecule has 2 aromatic carbocycles. The summed E-state index contributed by atoms with van der Waals surface area (Å²) in [5.74, 6) is -0.475. The van der Waals surface area contributed by atoms with Gasteiger partial charge in [0, 0.05) is 18.8 Å². The number of nitrogens with zero attached hydrogens (tertiary/aromatic N) is 1. The van der Waals surface area contributed by atoms with Crippen LogP contribution in [-0.4, -0.2) is 33.1 Å². The molecule has 0 radical (unpaired) electrons. The van der Waals surface area contributed by atoms with Crippen molar-refractivity contribution < 1.29 is 22.8 Å². The van der Waals surface area contributed by atoms with Crippen LogP contribution in [0.5, 0.6) is 5.75 Å². The Morgan fingerprint density at radius 3 is 2.16 bits per heavy atom. The summed E-state index contributed by atoms with van der Waals surface area (Å²) in [6.45, 7) is 9.30. The summed E-state index contributed by atoms with van der Waals surface area (Å²) >= 11 is 0. The Bertz CT molecular complexity index is 1010. The maximum absolute atomic E-state index is 12.8. The number of carbonyl (C=O) groups is 1. The van der Waals surface area contributed by atoms with Crippen LogP contribution in [0.25, 0.3) is 0 Å². The zero-order valence-corrected chi connectivity index (χ0v) is 19.9. The lowest BCUT2D eigenvalue weighted by atomic mass is 9.96. The summed E-state index contributed by atoms with van der Waals surface area (Å²) in [7, 11) is -3.83. The second kappa shape index (κ2) is 10.0. The van der Waals surface area contributed by atoms with Gasteiger partial charge in [0.25, 0.3) is 10.0 Å². The molecule has 0 spiro atoms. The molecule has 1 aliphatic heterocycles. The van der Waals surface area contributed by atoms with Crippen molar-refractivity contribution in [2.45, 2.75) is 63.4 Å². The van der Waals surface area contributed by atoms with Crippen LogP contribution < -0.4 is 14.5 Å². The van der Waals surface area contributed by atoms with Crippen LogP contribution in [0.3, 0.4) is 0 Å². The molecule has 1 saturated heterocycles. The van der Waals surface area contributed by atoms with Crippen molar-refractivity contribution in [3.8, 4) is 5.75 Å². The fraction of sp³-hybridized carbons (Fsp3) is 0.458. The number of sulfonamides is 1. The maximum atomic E-state index is 12.8. The van der Waals surface area contributed by atoms with Crippen LogP contribution >= 0.6 is 0 Å². The highest BCUT2D eigenvalue weighted by molar-refractivity contribution is 7.89. The SMILES string of the molecule is CCC(C(=O)Oc1ccc(S(=O)(=O)NOC(C)(C)C)cc1)c1ccc(N2CCCC2)cc1. The van der Waals surface area contributed by atoms with Crippen LogP contribution in [0.4, 0.5) is 5.69 Å². The third-order valence-electron chi connectivity index (χ3n) is 5.27. The Morgan fingerprint density at radius 2 is 1.62 bits per heavy atom. The third-order valence-corrected chi connectivity index (χ3v) is 6.46. The molecule has 0 saturated carbocycles. The number of carbonyl (C=O) groups excluding carboxylic acids is 1. The molecule has 8 heteroatoms. The average molecular weight is 461 g/mol. The number of benzene rings is 2. The Morgan fingerprint density at radius 1 is 1.03 bits per heavy atom. The van der Waals surface area contributed by atoms with Crippen molar-refractivity contribution in [3.63, 3.8) is 0 Å². The number of esters is 1. The summed E-state index contributed by atoms with van der Waals surface area (Å²) in [6.07, 6.45) is 3.03.